The van der Waals surface area contributed by atoms with Crippen LogP contribution in [-0.2, 0) is 5.41 Å². The molecule has 1 heterocycles. The zero-order valence-corrected chi connectivity index (χ0v) is 12.6. The largest absolute Gasteiger partial charge is 0.338 e. The first-order valence-electron chi connectivity index (χ1n) is 6.34. The van der Waals surface area contributed by atoms with Crippen molar-refractivity contribution in [2.75, 3.05) is 20.6 Å². The van der Waals surface area contributed by atoms with E-state index >= 15 is 0 Å². The molecular formula is C14H16BrN3O. The van der Waals surface area contributed by atoms with Crippen molar-refractivity contribution < 1.29 is 4.52 Å². The predicted octanol–water partition coefficient (Wildman–Crippen LogP) is 3.09. The number of benzene rings is 1. The van der Waals surface area contributed by atoms with E-state index in [-0.39, 0.29) is 5.41 Å². The van der Waals surface area contributed by atoms with Crippen LogP contribution in [0.25, 0.3) is 11.4 Å². The van der Waals surface area contributed by atoms with E-state index in [0.717, 1.165) is 35.3 Å². The minimum atomic E-state index is 0.0841. The molecule has 19 heavy (non-hydrogen) atoms. The Hall–Kier alpha value is -1.20. The Balaban J connectivity index is 1.88. The number of rotatable bonds is 4. The van der Waals surface area contributed by atoms with Gasteiger partial charge in [0.15, 0.2) is 0 Å². The van der Waals surface area contributed by atoms with Crippen molar-refractivity contribution in [1.29, 1.82) is 0 Å². The average Bonchev–Trinajstić information content (AvgIpc) is 2.95. The summed E-state index contributed by atoms with van der Waals surface area (Å²) in [6.45, 7) is 0.965. The highest BCUT2D eigenvalue weighted by atomic mass is 79.9. The highest BCUT2D eigenvalue weighted by Gasteiger charge is 2.49. The van der Waals surface area contributed by atoms with Gasteiger partial charge in [-0.15, -0.1) is 0 Å². The number of hydrogen-bond donors (Lipinski definition) is 0. The Morgan fingerprint density at radius 1 is 1.37 bits per heavy atom. The van der Waals surface area contributed by atoms with Crippen molar-refractivity contribution in [2.24, 2.45) is 0 Å². The fourth-order valence-corrected chi connectivity index (χ4v) is 2.78. The summed E-state index contributed by atoms with van der Waals surface area (Å²) in [4.78, 5) is 6.76. The SMILES string of the molecule is CN(C)CC1(c2nc(-c3cccc(Br)c3)no2)CC1. The number of aromatic nitrogens is 2. The summed E-state index contributed by atoms with van der Waals surface area (Å²) >= 11 is 3.46. The summed E-state index contributed by atoms with van der Waals surface area (Å²) in [5, 5.41) is 4.12. The van der Waals surface area contributed by atoms with Gasteiger partial charge in [0.2, 0.25) is 11.7 Å². The molecule has 1 aromatic carbocycles. The Morgan fingerprint density at radius 3 is 2.79 bits per heavy atom. The second-order valence-corrected chi connectivity index (χ2v) is 6.37. The topological polar surface area (TPSA) is 42.2 Å². The van der Waals surface area contributed by atoms with E-state index in [4.69, 9.17) is 4.52 Å². The minimum absolute atomic E-state index is 0.0841. The zero-order chi connectivity index (χ0) is 13.5. The number of hydrogen-bond acceptors (Lipinski definition) is 4. The van der Waals surface area contributed by atoms with Gasteiger partial charge < -0.3 is 9.42 Å². The molecule has 1 aromatic heterocycles. The Morgan fingerprint density at radius 2 is 2.16 bits per heavy atom. The van der Waals surface area contributed by atoms with Gasteiger partial charge in [-0.1, -0.05) is 33.2 Å². The second kappa shape index (κ2) is 4.72. The van der Waals surface area contributed by atoms with Crippen LogP contribution in [0.2, 0.25) is 0 Å². The van der Waals surface area contributed by atoms with Crippen molar-refractivity contribution in [3.63, 3.8) is 0 Å². The molecule has 5 heteroatoms. The Labute approximate surface area is 120 Å². The molecule has 3 rings (SSSR count). The second-order valence-electron chi connectivity index (χ2n) is 5.45. The molecule has 0 saturated heterocycles. The molecule has 100 valence electrons. The van der Waals surface area contributed by atoms with Crippen LogP contribution in [0.1, 0.15) is 18.7 Å². The van der Waals surface area contributed by atoms with Crippen molar-refractivity contribution in [2.45, 2.75) is 18.3 Å². The number of nitrogens with zero attached hydrogens (tertiary/aromatic N) is 3. The minimum Gasteiger partial charge on any atom is -0.338 e. The molecular weight excluding hydrogens is 306 g/mol. The average molecular weight is 322 g/mol. The van der Waals surface area contributed by atoms with E-state index in [2.05, 4.69) is 45.1 Å². The first-order valence-corrected chi connectivity index (χ1v) is 7.13. The highest BCUT2D eigenvalue weighted by Crippen LogP contribution is 2.48. The summed E-state index contributed by atoms with van der Waals surface area (Å²) in [6, 6.07) is 7.95. The van der Waals surface area contributed by atoms with Crippen molar-refractivity contribution >= 4 is 15.9 Å². The van der Waals surface area contributed by atoms with Gasteiger partial charge in [0.1, 0.15) is 0 Å². The van der Waals surface area contributed by atoms with Crippen LogP contribution in [0.5, 0.6) is 0 Å². The Bertz CT molecular complexity index is 590. The molecule has 0 atom stereocenters. The molecule has 1 saturated carbocycles. The maximum atomic E-state index is 5.48. The summed E-state index contributed by atoms with van der Waals surface area (Å²) in [5.74, 6) is 1.44. The van der Waals surface area contributed by atoms with Gasteiger partial charge in [-0.05, 0) is 39.1 Å². The van der Waals surface area contributed by atoms with E-state index in [1.54, 1.807) is 0 Å². The fourth-order valence-electron chi connectivity index (χ4n) is 2.38. The van der Waals surface area contributed by atoms with Crippen LogP contribution in [0.4, 0.5) is 0 Å². The summed E-state index contributed by atoms with van der Waals surface area (Å²) < 4.78 is 6.50. The standard InChI is InChI=1S/C14H16BrN3O/c1-18(2)9-14(6-7-14)13-16-12(17-19-13)10-4-3-5-11(15)8-10/h3-5,8H,6-7,9H2,1-2H3. The van der Waals surface area contributed by atoms with Crippen LogP contribution >= 0.6 is 15.9 Å². The van der Waals surface area contributed by atoms with Gasteiger partial charge in [0.05, 0.1) is 5.41 Å². The van der Waals surface area contributed by atoms with Crippen molar-refractivity contribution in [3.05, 3.63) is 34.6 Å². The van der Waals surface area contributed by atoms with Gasteiger partial charge in [0, 0.05) is 16.6 Å². The first-order chi connectivity index (χ1) is 9.09. The lowest BCUT2D eigenvalue weighted by atomic mass is 10.1. The van der Waals surface area contributed by atoms with Crippen molar-refractivity contribution in [3.8, 4) is 11.4 Å². The summed E-state index contributed by atoms with van der Waals surface area (Å²) in [7, 11) is 4.15. The molecule has 1 aliphatic carbocycles. The summed E-state index contributed by atoms with van der Waals surface area (Å²) in [6.07, 6.45) is 2.26. The van der Waals surface area contributed by atoms with Crippen LogP contribution in [0.15, 0.2) is 33.3 Å². The first kappa shape index (κ1) is 12.8. The fraction of sp³-hybridized carbons (Fsp3) is 0.429. The lowest BCUT2D eigenvalue weighted by Gasteiger charge is -2.15. The molecule has 2 aromatic rings. The lowest BCUT2D eigenvalue weighted by Crippen LogP contribution is -2.26. The zero-order valence-electron chi connectivity index (χ0n) is 11.1. The van der Waals surface area contributed by atoms with Crippen LogP contribution in [-0.4, -0.2) is 35.7 Å². The lowest BCUT2D eigenvalue weighted by molar-refractivity contribution is 0.291. The molecule has 0 unspecified atom stereocenters. The van der Waals surface area contributed by atoms with Gasteiger partial charge in [-0.2, -0.15) is 4.98 Å². The molecule has 0 N–H and O–H groups in total. The number of likely N-dealkylation sites (N-methyl/N-ethyl adjacent to an activating group) is 1. The molecule has 0 spiro atoms. The maximum absolute atomic E-state index is 5.48. The molecule has 1 fully saturated rings. The molecule has 4 nitrogen and oxygen atoms in total. The monoisotopic (exact) mass is 321 g/mol. The number of halogens is 1. The normalized spacial score (nSPS) is 16.8. The van der Waals surface area contributed by atoms with E-state index in [1.165, 1.54) is 0 Å². The van der Waals surface area contributed by atoms with Gasteiger partial charge in [0.25, 0.3) is 0 Å². The third kappa shape index (κ3) is 2.58. The molecule has 1 aliphatic rings. The van der Waals surface area contributed by atoms with Gasteiger partial charge >= 0.3 is 0 Å². The molecule has 0 amide bonds. The van der Waals surface area contributed by atoms with Crippen LogP contribution < -0.4 is 0 Å². The quantitative estimate of drug-likeness (QED) is 0.867. The van der Waals surface area contributed by atoms with Gasteiger partial charge in [-0.25, -0.2) is 0 Å². The Kier molecular flexibility index (Phi) is 3.19. The van der Waals surface area contributed by atoms with Crippen molar-refractivity contribution in [1.82, 2.24) is 15.0 Å². The van der Waals surface area contributed by atoms with E-state index in [1.807, 2.05) is 24.3 Å². The smallest absolute Gasteiger partial charge is 0.234 e. The predicted molar refractivity (Wildman–Crippen MR) is 76.9 cm³/mol. The third-order valence-corrected chi connectivity index (χ3v) is 3.93. The molecule has 0 radical (unpaired) electrons. The highest BCUT2D eigenvalue weighted by molar-refractivity contribution is 9.10. The van der Waals surface area contributed by atoms with Crippen LogP contribution in [0.3, 0.4) is 0 Å². The molecule has 0 bridgehead atoms. The van der Waals surface area contributed by atoms with Gasteiger partial charge in [-0.3, -0.25) is 0 Å². The summed E-state index contributed by atoms with van der Waals surface area (Å²) in [5.41, 5.74) is 1.06. The third-order valence-electron chi connectivity index (χ3n) is 3.43. The van der Waals surface area contributed by atoms with E-state index < -0.39 is 0 Å². The van der Waals surface area contributed by atoms with E-state index in [0.29, 0.717) is 5.82 Å². The van der Waals surface area contributed by atoms with Crippen LogP contribution in [0, 0.1) is 0 Å². The van der Waals surface area contributed by atoms with E-state index in [9.17, 15) is 0 Å². The maximum Gasteiger partial charge on any atom is 0.234 e. The molecule has 0 aliphatic heterocycles.